The van der Waals surface area contributed by atoms with Crippen molar-refractivity contribution in [2.45, 2.75) is 6.92 Å². The van der Waals surface area contributed by atoms with Gasteiger partial charge in [-0.05, 0) is 19.1 Å². The van der Waals surface area contributed by atoms with Gasteiger partial charge in [-0.1, -0.05) is 12.1 Å². The molecule has 0 saturated heterocycles. The van der Waals surface area contributed by atoms with E-state index in [0.717, 1.165) is 5.56 Å². The van der Waals surface area contributed by atoms with Gasteiger partial charge in [-0.3, -0.25) is 14.3 Å². The Morgan fingerprint density at radius 1 is 1.24 bits per heavy atom. The Kier molecular flexibility index (Phi) is 3.09. The molecule has 0 saturated carbocycles. The van der Waals surface area contributed by atoms with Crippen LogP contribution in [0.2, 0.25) is 0 Å². The smallest absolute Gasteiger partial charge is 0.329 e. The monoisotopic (exact) mass is 286 g/mol. The standard InChI is InChI=1S/C14H14N4O3/c1-3-21-9-7-5-4-6-8(9)11-15-10-12(16-11)18(2)14(20)17-13(10)19/h4-7H,3H2,1-2H3,(H,15,16)(H,17,19,20). The van der Waals surface area contributed by atoms with E-state index < -0.39 is 11.2 Å². The van der Waals surface area contributed by atoms with E-state index in [9.17, 15) is 9.59 Å². The number of aromatic nitrogens is 4. The molecule has 0 aliphatic carbocycles. The fraction of sp³-hybridized carbons (Fsp3) is 0.214. The van der Waals surface area contributed by atoms with Crippen LogP contribution in [0.25, 0.3) is 22.6 Å². The van der Waals surface area contributed by atoms with Gasteiger partial charge in [0.2, 0.25) is 0 Å². The molecule has 0 atom stereocenters. The number of imidazole rings is 1. The third-order valence-corrected chi connectivity index (χ3v) is 3.20. The van der Waals surface area contributed by atoms with Gasteiger partial charge in [0, 0.05) is 7.05 Å². The van der Waals surface area contributed by atoms with E-state index in [1.807, 2.05) is 31.2 Å². The molecular formula is C14H14N4O3. The predicted octanol–water partition coefficient (Wildman–Crippen LogP) is 1.02. The number of H-pyrrole nitrogens is 2. The fourth-order valence-corrected chi connectivity index (χ4v) is 2.18. The molecule has 3 rings (SSSR count). The number of hydrogen-bond donors (Lipinski definition) is 2. The van der Waals surface area contributed by atoms with Crippen molar-refractivity contribution in [1.29, 1.82) is 0 Å². The Bertz CT molecular complexity index is 920. The highest BCUT2D eigenvalue weighted by Crippen LogP contribution is 2.28. The van der Waals surface area contributed by atoms with Crippen molar-refractivity contribution >= 4 is 11.2 Å². The van der Waals surface area contributed by atoms with Crippen molar-refractivity contribution in [3.63, 3.8) is 0 Å². The van der Waals surface area contributed by atoms with Crippen molar-refractivity contribution in [1.82, 2.24) is 19.5 Å². The Morgan fingerprint density at radius 2 is 2.00 bits per heavy atom. The van der Waals surface area contributed by atoms with Crippen LogP contribution < -0.4 is 16.0 Å². The van der Waals surface area contributed by atoms with Crippen LogP contribution in [0.1, 0.15) is 6.92 Å². The van der Waals surface area contributed by atoms with Gasteiger partial charge in [-0.2, -0.15) is 0 Å². The average molecular weight is 286 g/mol. The summed E-state index contributed by atoms with van der Waals surface area (Å²) in [5.74, 6) is 1.15. The van der Waals surface area contributed by atoms with Crippen LogP contribution in [0.15, 0.2) is 33.9 Å². The van der Waals surface area contributed by atoms with Gasteiger partial charge in [-0.15, -0.1) is 0 Å². The maximum atomic E-state index is 11.8. The first kappa shape index (κ1) is 13.2. The average Bonchev–Trinajstić information content (AvgIpc) is 2.91. The first-order valence-corrected chi connectivity index (χ1v) is 6.53. The third-order valence-electron chi connectivity index (χ3n) is 3.20. The number of ether oxygens (including phenoxy) is 1. The summed E-state index contributed by atoms with van der Waals surface area (Å²) in [5, 5.41) is 0. The number of fused-ring (bicyclic) bond motifs is 1. The molecule has 21 heavy (non-hydrogen) atoms. The van der Waals surface area contributed by atoms with Crippen LogP contribution in [0.5, 0.6) is 5.75 Å². The molecule has 2 N–H and O–H groups in total. The largest absolute Gasteiger partial charge is 0.493 e. The number of nitrogens with zero attached hydrogens (tertiary/aromatic N) is 2. The summed E-state index contributed by atoms with van der Waals surface area (Å²) >= 11 is 0. The highest BCUT2D eigenvalue weighted by molar-refractivity contribution is 5.77. The van der Waals surface area contributed by atoms with Crippen molar-refractivity contribution in [3.8, 4) is 17.1 Å². The van der Waals surface area contributed by atoms with Crippen LogP contribution in [-0.2, 0) is 7.05 Å². The third kappa shape index (κ3) is 2.12. The fourth-order valence-electron chi connectivity index (χ4n) is 2.18. The van der Waals surface area contributed by atoms with Crippen LogP contribution in [0.4, 0.5) is 0 Å². The molecule has 7 heteroatoms. The highest BCUT2D eigenvalue weighted by Gasteiger charge is 2.14. The Hall–Kier alpha value is -2.83. The zero-order valence-electron chi connectivity index (χ0n) is 11.6. The summed E-state index contributed by atoms with van der Waals surface area (Å²) in [5.41, 5.74) is 0.329. The van der Waals surface area contributed by atoms with Crippen LogP contribution in [-0.4, -0.2) is 26.1 Å². The van der Waals surface area contributed by atoms with E-state index >= 15 is 0 Å². The zero-order chi connectivity index (χ0) is 15.0. The van der Waals surface area contributed by atoms with Crippen LogP contribution >= 0.6 is 0 Å². The van der Waals surface area contributed by atoms with Gasteiger partial charge < -0.3 is 9.72 Å². The maximum Gasteiger partial charge on any atom is 0.329 e. The molecule has 3 aromatic rings. The number of hydrogen-bond acceptors (Lipinski definition) is 4. The minimum Gasteiger partial charge on any atom is -0.493 e. The summed E-state index contributed by atoms with van der Waals surface area (Å²) in [6.07, 6.45) is 0. The first-order valence-electron chi connectivity index (χ1n) is 6.53. The second kappa shape index (κ2) is 4.93. The summed E-state index contributed by atoms with van der Waals surface area (Å²) < 4.78 is 6.85. The topological polar surface area (TPSA) is 92.8 Å². The predicted molar refractivity (Wildman–Crippen MR) is 78.6 cm³/mol. The van der Waals surface area contributed by atoms with E-state index in [-0.39, 0.29) is 5.52 Å². The van der Waals surface area contributed by atoms with Crippen molar-refractivity contribution in [2.75, 3.05) is 6.61 Å². The number of aromatic amines is 2. The Balaban J connectivity index is 2.28. The molecule has 0 aliphatic rings. The van der Waals surface area contributed by atoms with Gasteiger partial charge in [-0.25, -0.2) is 9.78 Å². The van der Waals surface area contributed by atoms with Crippen molar-refractivity contribution < 1.29 is 4.74 Å². The second-order valence-corrected chi connectivity index (χ2v) is 4.53. The van der Waals surface area contributed by atoms with Crippen molar-refractivity contribution in [2.24, 2.45) is 7.05 Å². The lowest BCUT2D eigenvalue weighted by Crippen LogP contribution is -2.28. The summed E-state index contributed by atoms with van der Waals surface area (Å²) in [6, 6.07) is 7.39. The molecule has 0 radical (unpaired) electrons. The molecule has 0 spiro atoms. The summed E-state index contributed by atoms with van der Waals surface area (Å²) in [7, 11) is 1.56. The van der Waals surface area contributed by atoms with Crippen LogP contribution in [0, 0.1) is 0 Å². The molecule has 0 amide bonds. The first-order chi connectivity index (χ1) is 10.1. The van der Waals surface area contributed by atoms with E-state index in [4.69, 9.17) is 4.74 Å². The van der Waals surface area contributed by atoms with Gasteiger partial charge in [0.05, 0.1) is 12.2 Å². The molecule has 0 fully saturated rings. The SMILES string of the molecule is CCOc1ccccc1-c1nc2c([nH]1)c(=O)[nH]c(=O)n2C. The Labute approximate surface area is 119 Å². The molecular weight excluding hydrogens is 272 g/mol. The molecule has 7 nitrogen and oxygen atoms in total. The molecule has 2 heterocycles. The number of aryl methyl sites for hydroxylation is 1. The minimum absolute atomic E-state index is 0.262. The zero-order valence-corrected chi connectivity index (χ0v) is 11.6. The van der Waals surface area contributed by atoms with E-state index in [0.29, 0.717) is 23.8 Å². The van der Waals surface area contributed by atoms with Gasteiger partial charge in [0.15, 0.2) is 5.65 Å². The molecule has 0 unspecified atom stereocenters. The number of nitrogens with one attached hydrogen (secondary N) is 2. The Morgan fingerprint density at radius 3 is 2.76 bits per heavy atom. The normalized spacial score (nSPS) is 11.0. The van der Waals surface area contributed by atoms with E-state index in [1.54, 1.807) is 7.05 Å². The highest BCUT2D eigenvalue weighted by atomic mass is 16.5. The van der Waals surface area contributed by atoms with E-state index in [1.165, 1.54) is 4.57 Å². The van der Waals surface area contributed by atoms with Gasteiger partial charge in [0.25, 0.3) is 5.56 Å². The number of para-hydroxylation sites is 1. The number of rotatable bonds is 3. The lowest BCUT2D eigenvalue weighted by Gasteiger charge is -2.07. The maximum absolute atomic E-state index is 11.8. The van der Waals surface area contributed by atoms with Gasteiger partial charge >= 0.3 is 5.69 Å². The second-order valence-electron chi connectivity index (χ2n) is 4.53. The quantitative estimate of drug-likeness (QED) is 0.751. The van der Waals surface area contributed by atoms with Crippen LogP contribution in [0.3, 0.4) is 0 Å². The lowest BCUT2D eigenvalue weighted by atomic mass is 10.2. The molecule has 0 bridgehead atoms. The molecule has 2 aromatic heterocycles. The van der Waals surface area contributed by atoms with E-state index in [2.05, 4.69) is 15.0 Å². The molecule has 108 valence electrons. The molecule has 1 aromatic carbocycles. The van der Waals surface area contributed by atoms with Crippen molar-refractivity contribution in [3.05, 3.63) is 45.1 Å². The number of benzene rings is 1. The molecule has 0 aliphatic heterocycles. The summed E-state index contributed by atoms with van der Waals surface area (Å²) in [4.78, 5) is 33.0. The lowest BCUT2D eigenvalue weighted by molar-refractivity contribution is 0.341. The van der Waals surface area contributed by atoms with Gasteiger partial charge in [0.1, 0.15) is 17.1 Å². The summed E-state index contributed by atoms with van der Waals surface area (Å²) in [6.45, 7) is 2.42. The minimum atomic E-state index is -0.497.